The molecule has 1 unspecified atom stereocenters. The van der Waals surface area contributed by atoms with Crippen LogP contribution in [0.5, 0.6) is 0 Å². The number of nitrogens with zero attached hydrogens (tertiary/aromatic N) is 1. The highest BCUT2D eigenvalue weighted by Crippen LogP contribution is 2.32. The molecule has 1 atom stereocenters. The van der Waals surface area contributed by atoms with E-state index in [1.165, 1.54) is 0 Å². The highest BCUT2D eigenvalue weighted by molar-refractivity contribution is 7.88. The summed E-state index contributed by atoms with van der Waals surface area (Å²) in [5.74, 6) is 0. The maximum absolute atomic E-state index is 11.9. The first-order chi connectivity index (χ1) is 9.51. The van der Waals surface area contributed by atoms with Gasteiger partial charge in [0, 0.05) is 0 Å². The molecule has 1 N–H and O–H groups in total. The molecule has 2 aromatic carbocycles. The van der Waals surface area contributed by atoms with Crippen LogP contribution in [0.4, 0.5) is 0 Å². The predicted octanol–water partition coefficient (Wildman–Crippen LogP) is 2.24. The van der Waals surface area contributed by atoms with Crippen LogP contribution in [0.1, 0.15) is 18.1 Å². The summed E-state index contributed by atoms with van der Waals surface area (Å²) in [5.41, 5.74) is 1.34. The van der Waals surface area contributed by atoms with Gasteiger partial charge in [-0.2, -0.15) is 17.5 Å². The van der Waals surface area contributed by atoms with Crippen LogP contribution < -0.4 is 4.72 Å². The molecule has 4 nitrogen and oxygen atoms in total. The molecule has 0 amide bonds. The van der Waals surface area contributed by atoms with Gasteiger partial charge in [-0.15, -0.1) is 0 Å². The van der Waals surface area contributed by atoms with Crippen LogP contribution >= 0.6 is 0 Å². The average Bonchev–Trinajstić information content (AvgIpc) is 2.72. The Morgan fingerprint density at radius 3 is 2.10 bits per heavy atom. The smallest absolute Gasteiger partial charge is 0.187 e. The van der Waals surface area contributed by atoms with E-state index in [1.54, 1.807) is 0 Å². The Balaban J connectivity index is 2.19. The number of rotatable bonds is 2. The molecule has 20 heavy (non-hydrogen) atoms. The lowest BCUT2D eigenvalue weighted by Crippen LogP contribution is -2.43. The zero-order valence-corrected chi connectivity index (χ0v) is 11.8. The molecule has 1 aliphatic heterocycles. The molecule has 1 aliphatic rings. The van der Waals surface area contributed by atoms with E-state index in [-0.39, 0.29) is 0 Å². The maximum atomic E-state index is 11.9. The second-order valence-electron chi connectivity index (χ2n) is 4.87. The van der Waals surface area contributed by atoms with Gasteiger partial charge in [0.05, 0.1) is 5.71 Å². The molecule has 0 aromatic heterocycles. The Hall–Kier alpha value is -1.98. The normalized spacial score (nSPS) is 24.4. The van der Waals surface area contributed by atoms with Crippen molar-refractivity contribution in [2.24, 2.45) is 4.40 Å². The molecular formula is C15H14N2O2S. The number of hydrogen-bond donors (Lipinski definition) is 1. The third-order valence-corrected chi connectivity index (χ3v) is 4.51. The second-order valence-corrected chi connectivity index (χ2v) is 6.21. The number of hydrogen-bond acceptors (Lipinski definition) is 2. The van der Waals surface area contributed by atoms with Gasteiger partial charge in [-0.1, -0.05) is 60.7 Å². The van der Waals surface area contributed by atoms with Crippen molar-refractivity contribution in [2.75, 3.05) is 0 Å². The molecule has 102 valence electrons. The molecule has 0 radical (unpaired) electrons. The molecule has 3 rings (SSSR count). The van der Waals surface area contributed by atoms with E-state index in [0.717, 1.165) is 11.1 Å². The van der Waals surface area contributed by atoms with Crippen LogP contribution in [0.25, 0.3) is 0 Å². The Morgan fingerprint density at radius 1 is 0.950 bits per heavy atom. The average molecular weight is 286 g/mol. The first-order valence-electron chi connectivity index (χ1n) is 6.27. The van der Waals surface area contributed by atoms with E-state index in [0.29, 0.717) is 5.71 Å². The Labute approximate surface area is 118 Å². The van der Waals surface area contributed by atoms with E-state index < -0.39 is 15.7 Å². The second kappa shape index (κ2) is 4.54. The van der Waals surface area contributed by atoms with E-state index in [2.05, 4.69) is 9.12 Å². The molecule has 0 bridgehead atoms. The molecule has 2 aromatic rings. The van der Waals surface area contributed by atoms with Crippen LogP contribution in [0.3, 0.4) is 0 Å². The number of benzene rings is 2. The Kier molecular flexibility index (Phi) is 2.96. The molecule has 0 fully saturated rings. The van der Waals surface area contributed by atoms with Gasteiger partial charge in [-0.05, 0) is 18.1 Å². The summed E-state index contributed by atoms with van der Waals surface area (Å²) < 4.78 is 30.3. The monoisotopic (exact) mass is 286 g/mol. The van der Waals surface area contributed by atoms with Gasteiger partial charge >= 0.3 is 10.2 Å². The van der Waals surface area contributed by atoms with Crippen molar-refractivity contribution in [3.05, 3.63) is 71.8 Å². The first kappa shape index (κ1) is 13.0. The van der Waals surface area contributed by atoms with Crippen LogP contribution in [0.2, 0.25) is 0 Å². The van der Waals surface area contributed by atoms with E-state index in [1.807, 2.05) is 67.6 Å². The lowest BCUT2D eigenvalue weighted by atomic mass is 9.85. The van der Waals surface area contributed by atoms with Crippen LogP contribution in [0.15, 0.2) is 65.1 Å². The highest BCUT2D eigenvalue weighted by Gasteiger charge is 2.43. The van der Waals surface area contributed by atoms with Gasteiger partial charge in [-0.3, -0.25) is 0 Å². The van der Waals surface area contributed by atoms with Gasteiger partial charge in [0.1, 0.15) is 5.54 Å². The lowest BCUT2D eigenvalue weighted by molar-refractivity contribution is 0.553. The maximum Gasteiger partial charge on any atom is 0.321 e. The molecule has 0 aliphatic carbocycles. The summed E-state index contributed by atoms with van der Waals surface area (Å²) in [6.07, 6.45) is 0. The highest BCUT2D eigenvalue weighted by atomic mass is 32.2. The van der Waals surface area contributed by atoms with Crippen LogP contribution in [-0.2, 0) is 15.7 Å². The Morgan fingerprint density at radius 2 is 1.50 bits per heavy atom. The molecule has 5 heteroatoms. The zero-order chi connectivity index (χ0) is 14.2. The van der Waals surface area contributed by atoms with E-state index in [4.69, 9.17) is 0 Å². The van der Waals surface area contributed by atoms with Crippen molar-refractivity contribution in [1.29, 1.82) is 0 Å². The fraction of sp³-hybridized carbons (Fsp3) is 0.133. The van der Waals surface area contributed by atoms with Crippen molar-refractivity contribution in [3.63, 3.8) is 0 Å². The van der Waals surface area contributed by atoms with Crippen molar-refractivity contribution < 1.29 is 8.42 Å². The molecular weight excluding hydrogens is 272 g/mol. The third-order valence-electron chi connectivity index (χ3n) is 3.42. The fourth-order valence-electron chi connectivity index (χ4n) is 2.45. The predicted molar refractivity (Wildman–Crippen MR) is 78.8 cm³/mol. The number of nitrogens with one attached hydrogen (secondary N) is 1. The van der Waals surface area contributed by atoms with E-state index >= 15 is 0 Å². The standard InChI is InChI=1S/C15H14N2O2S/c1-15(13-10-6-3-7-11-13)14(16-20(18,19)17-15)12-8-4-2-5-9-12/h2-11,17H,1H3. The summed E-state index contributed by atoms with van der Waals surface area (Å²) in [6.45, 7) is 1.83. The van der Waals surface area contributed by atoms with E-state index in [9.17, 15) is 8.42 Å². The van der Waals surface area contributed by atoms with Crippen LogP contribution in [0, 0.1) is 0 Å². The van der Waals surface area contributed by atoms with Crippen molar-refractivity contribution >= 4 is 15.9 Å². The molecule has 0 saturated heterocycles. The summed E-state index contributed by atoms with van der Waals surface area (Å²) in [4.78, 5) is 0. The largest absolute Gasteiger partial charge is 0.321 e. The molecule has 1 heterocycles. The summed E-state index contributed by atoms with van der Waals surface area (Å²) in [7, 11) is -3.66. The summed E-state index contributed by atoms with van der Waals surface area (Å²) >= 11 is 0. The van der Waals surface area contributed by atoms with Crippen molar-refractivity contribution in [3.8, 4) is 0 Å². The van der Waals surface area contributed by atoms with Crippen LogP contribution in [-0.4, -0.2) is 14.1 Å². The SMILES string of the molecule is CC1(c2ccccc2)NS(=O)(=O)N=C1c1ccccc1. The fourth-order valence-corrected chi connectivity index (χ4v) is 3.75. The molecule has 0 spiro atoms. The van der Waals surface area contributed by atoms with Gasteiger partial charge in [0.25, 0.3) is 0 Å². The minimum Gasteiger partial charge on any atom is -0.187 e. The van der Waals surface area contributed by atoms with Gasteiger partial charge in [0.15, 0.2) is 0 Å². The first-order valence-corrected chi connectivity index (χ1v) is 7.71. The van der Waals surface area contributed by atoms with Crippen molar-refractivity contribution in [1.82, 2.24) is 4.72 Å². The summed E-state index contributed by atoms with van der Waals surface area (Å²) in [6, 6.07) is 18.8. The minimum atomic E-state index is -3.66. The zero-order valence-electron chi connectivity index (χ0n) is 10.9. The Bertz CT molecular complexity index is 755. The topological polar surface area (TPSA) is 58.5 Å². The minimum absolute atomic E-state index is 0.518. The summed E-state index contributed by atoms with van der Waals surface area (Å²) in [5, 5.41) is 0. The van der Waals surface area contributed by atoms with Gasteiger partial charge in [0.2, 0.25) is 0 Å². The lowest BCUT2D eigenvalue weighted by Gasteiger charge is -2.25. The van der Waals surface area contributed by atoms with Gasteiger partial charge < -0.3 is 0 Å². The quantitative estimate of drug-likeness (QED) is 0.920. The van der Waals surface area contributed by atoms with Gasteiger partial charge in [-0.25, -0.2) is 0 Å². The molecule has 0 saturated carbocycles. The third kappa shape index (κ3) is 2.15. The van der Waals surface area contributed by atoms with Crippen molar-refractivity contribution in [2.45, 2.75) is 12.5 Å².